The number of amides is 1. The minimum Gasteiger partial charge on any atom is -0.497 e. The summed E-state index contributed by atoms with van der Waals surface area (Å²) in [5.74, 6) is 2.87. The molecule has 1 aromatic carbocycles. The average molecular weight is 305 g/mol. The highest BCUT2D eigenvalue weighted by molar-refractivity contribution is 7.99. The largest absolute Gasteiger partial charge is 0.497 e. The van der Waals surface area contributed by atoms with Crippen LogP contribution in [0.15, 0.2) is 41.3 Å². The molecule has 0 unspecified atom stereocenters. The van der Waals surface area contributed by atoms with E-state index in [1.165, 1.54) is 4.90 Å². The Labute approximate surface area is 131 Å². The maximum atomic E-state index is 11.8. The Balaban J connectivity index is 1.74. The molecule has 4 heteroatoms. The number of nitrogens with zero attached hydrogens (tertiary/aromatic N) is 1. The van der Waals surface area contributed by atoms with E-state index < -0.39 is 0 Å². The lowest BCUT2D eigenvalue weighted by Crippen LogP contribution is -2.38. The van der Waals surface area contributed by atoms with E-state index >= 15 is 0 Å². The molecule has 0 atom stereocenters. The Morgan fingerprint density at radius 2 is 2.00 bits per heavy atom. The van der Waals surface area contributed by atoms with Crippen molar-refractivity contribution in [3.63, 3.8) is 0 Å². The number of ether oxygens (including phenoxy) is 1. The summed E-state index contributed by atoms with van der Waals surface area (Å²) in [6.45, 7) is 3.66. The number of likely N-dealkylation sites (tertiary alicyclic amines) is 1. The van der Waals surface area contributed by atoms with Crippen LogP contribution >= 0.6 is 11.8 Å². The highest BCUT2D eigenvalue weighted by Gasteiger charge is 2.21. The van der Waals surface area contributed by atoms with Crippen molar-refractivity contribution in [1.82, 2.24) is 4.90 Å². The quantitative estimate of drug-likeness (QED) is 0.615. The number of methoxy groups -OCH3 is 1. The van der Waals surface area contributed by atoms with Crippen molar-refractivity contribution in [2.75, 3.05) is 26.0 Å². The molecule has 1 aliphatic heterocycles. The highest BCUT2D eigenvalue weighted by atomic mass is 32.2. The lowest BCUT2D eigenvalue weighted by atomic mass is 9.99. The number of hydrogen-bond donors (Lipinski definition) is 0. The number of carbonyl (C=O) groups excluding carboxylic acids is 1. The normalized spacial score (nSPS) is 16.4. The molecule has 0 N–H and O–H groups in total. The first-order chi connectivity index (χ1) is 10.2. The molecule has 3 nitrogen and oxygen atoms in total. The summed E-state index contributed by atoms with van der Waals surface area (Å²) in [6, 6.07) is 8.21. The number of hydrogen-bond acceptors (Lipinski definition) is 3. The molecule has 0 spiro atoms. The Hall–Kier alpha value is -1.42. The molecule has 0 bridgehead atoms. The third-order valence-electron chi connectivity index (χ3n) is 3.78. The summed E-state index contributed by atoms with van der Waals surface area (Å²) in [5, 5.41) is 0. The van der Waals surface area contributed by atoms with Gasteiger partial charge in [0.05, 0.1) is 7.11 Å². The molecular weight excluding hydrogens is 282 g/mol. The van der Waals surface area contributed by atoms with Crippen LogP contribution in [0, 0.1) is 5.92 Å². The standard InChI is InChI=1S/C17H23NO2S/c1-3-4-17(19)18-11-9-14(10-12-18)13-21-16-7-5-15(20-2)6-8-16/h3-8,14H,9-13H2,1-2H3/b4-3+. The summed E-state index contributed by atoms with van der Waals surface area (Å²) in [4.78, 5) is 15.0. The number of benzene rings is 1. The summed E-state index contributed by atoms with van der Waals surface area (Å²) in [5.41, 5.74) is 0. The van der Waals surface area contributed by atoms with Gasteiger partial charge in [-0.1, -0.05) is 6.08 Å². The third kappa shape index (κ3) is 4.81. The van der Waals surface area contributed by atoms with E-state index in [4.69, 9.17) is 4.74 Å². The SMILES string of the molecule is C/C=C/C(=O)N1CCC(CSc2ccc(OC)cc2)CC1. The summed E-state index contributed by atoms with van der Waals surface area (Å²) >= 11 is 1.89. The smallest absolute Gasteiger partial charge is 0.246 e. The summed E-state index contributed by atoms with van der Waals surface area (Å²) in [6.07, 6.45) is 5.68. The fourth-order valence-corrected chi connectivity index (χ4v) is 3.54. The third-order valence-corrected chi connectivity index (χ3v) is 5.02. The van der Waals surface area contributed by atoms with Crippen LogP contribution in [0.3, 0.4) is 0 Å². The van der Waals surface area contributed by atoms with Crippen molar-refractivity contribution in [2.45, 2.75) is 24.7 Å². The number of rotatable bonds is 5. The molecule has 114 valence electrons. The van der Waals surface area contributed by atoms with E-state index in [1.54, 1.807) is 13.2 Å². The number of thioether (sulfide) groups is 1. The molecule has 2 rings (SSSR count). The Bertz CT molecular complexity index is 476. The molecule has 1 fully saturated rings. The molecule has 0 radical (unpaired) electrons. The lowest BCUT2D eigenvalue weighted by Gasteiger charge is -2.31. The fraction of sp³-hybridized carbons (Fsp3) is 0.471. The molecule has 21 heavy (non-hydrogen) atoms. The zero-order chi connectivity index (χ0) is 15.1. The van der Waals surface area contributed by atoms with Crippen LogP contribution in [-0.2, 0) is 4.79 Å². The molecule has 1 heterocycles. The van der Waals surface area contributed by atoms with Crippen LogP contribution < -0.4 is 4.74 Å². The van der Waals surface area contributed by atoms with Gasteiger partial charge in [0.25, 0.3) is 0 Å². The van der Waals surface area contributed by atoms with Gasteiger partial charge in [0.15, 0.2) is 0 Å². The van der Waals surface area contributed by atoms with Gasteiger partial charge in [-0.15, -0.1) is 11.8 Å². The van der Waals surface area contributed by atoms with Gasteiger partial charge in [0.2, 0.25) is 5.91 Å². The van der Waals surface area contributed by atoms with Crippen molar-refractivity contribution in [3.05, 3.63) is 36.4 Å². The van der Waals surface area contributed by atoms with Crippen LogP contribution in [0.4, 0.5) is 0 Å². The first-order valence-corrected chi connectivity index (χ1v) is 8.40. The predicted octanol–water partition coefficient (Wildman–Crippen LogP) is 3.60. The molecule has 0 aromatic heterocycles. The number of piperidine rings is 1. The van der Waals surface area contributed by atoms with Crippen LogP contribution in [-0.4, -0.2) is 36.8 Å². The molecule has 1 aliphatic rings. The topological polar surface area (TPSA) is 29.5 Å². The number of allylic oxidation sites excluding steroid dienone is 1. The van der Waals surface area contributed by atoms with Crippen molar-refractivity contribution in [2.24, 2.45) is 5.92 Å². The number of carbonyl (C=O) groups is 1. The van der Waals surface area contributed by atoms with Gasteiger partial charge in [-0.25, -0.2) is 0 Å². The van der Waals surface area contributed by atoms with Crippen LogP contribution in [0.1, 0.15) is 19.8 Å². The van der Waals surface area contributed by atoms with Gasteiger partial charge in [0, 0.05) is 23.7 Å². The van der Waals surface area contributed by atoms with Gasteiger partial charge >= 0.3 is 0 Å². The van der Waals surface area contributed by atoms with E-state index in [0.717, 1.165) is 37.4 Å². The molecule has 1 aromatic rings. The highest BCUT2D eigenvalue weighted by Crippen LogP contribution is 2.27. The maximum Gasteiger partial charge on any atom is 0.246 e. The van der Waals surface area contributed by atoms with E-state index in [0.29, 0.717) is 5.92 Å². The maximum absolute atomic E-state index is 11.8. The Morgan fingerprint density at radius 3 is 2.57 bits per heavy atom. The minimum absolute atomic E-state index is 0.152. The van der Waals surface area contributed by atoms with Crippen LogP contribution in [0.5, 0.6) is 5.75 Å². The van der Waals surface area contributed by atoms with Gasteiger partial charge in [-0.2, -0.15) is 0 Å². The molecule has 0 saturated carbocycles. The molecule has 0 aliphatic carbocycles. The summed E-state index contributed by atoms with van der Waals surface area (Å²) < 4.78 is 5.17. The van der Waals surface area contributed by atoms with Crippen LogP contribution in [0.25, 0.3) is 0 Å². The first-order valence-electron chi connectivity index (χ1n) is 7.41. The fourth-order valence-electron chi connectivity index (χ4n) is 2.45. The second kappa shape index (κ2) is 8.13. The van der Waals surface area contributed by atoms with E-state index in [2.05, 4.69) is 12.1 Å². The lowest BCUT2D eigenvalue weighted by molar-refractivity contribution is -0.127. The van der Waals surface area contributed by atoms with Crippen LogP contribution in [0.2, 0.25) is 0 Å². The van der Waals surface area contributed by atoms with E-state index in [1.807, 2.05) is 41.8 Å². The Morgan fingerprint density at radius 1 is 1.33 bits per heavy atom. The second-order valence-electron chi connectivity index (χ2n) is 5.26. The van der Waals surface area contributed by atoms with Crippen molar-refractivity contribution < 1.29 is 9.53 Å². The Kier molecular flexibility index (Phi) is 6.18. The van der Waals surface area contributed by atoms with Gasteiger partial charge in [0.1, 0.15) is 5.75 Å². The van der Waals surface area contributed by atoms with Crippen molar-refractivity contribution in [1.29, 1.82) is 0 Å². The van der Waals surface area contributed by atoms with Gasteiger partial charge in [-0.3, -0.25) is 4.79 Å². The van der Waals surface area contributed by atoms with E-state index in [9.17, 15) is 4.79 Å². The molecule has 1 amide bonds. The monoisotopic (exact) mass is 305 g/mol. The molecular formula is C17H23NO2S. The first kappa shape index (κ1) is 16.0. The van der Waals surface area contributed by atoms with Crippen molar-refractivity contribution >= 4 is 17.7 Å². The minimum atomic E-state index is 0.152. The summed E-state index contributed by atoms with van der Waals surface area (Å²) in [7, 11) is 1.69. The van der Waals surface area contributed by atoms with E-state index in [-0.39, 0.29) is 5.91 Å². The van der Waals surface area contributed by atoms with Crippen molar-refractivity contribution in [3.8, 4) is 5.75 Å². The second-order valence-corrected chi connectivity index (χ2v) is 6.35. The zero-order valence-electron chi connectivity index (χ0n) is 12.7. The zero-order valence-corrected chi connectivity index (χ0v) is 13.6. The van der Waals surface area contributed by atoms with Gasteiger partial charge < -0.3 is 9.64 Å². The van der Waals surface area contributed by atoms with Gasteiger partial charge in [-0.05, 0) is 56.0 Å². The average Bonchev–Trinajstić information content (AvgIpc) is 2.54. The predicted molar refractivity (Wildman–Crippen MR) is 87.8 cm³/mol. The molecule has 1 saturated heterocycles.